The monoisotopic (exact) mass is 592 g/mol. The molecule has 0 N–H and O–H groups in total. The van der Waals surface area contributed by atoms with Gasteiger partial charge in [0.25, 0.3) is 0 Å². The van der Waals surface area contributed by atoms with Crippen LogP contribution in [0.4, 0.5) is 11.4 Å². The predicted molar refractivity (Wildman–Crippen MR) is 180 cm³/mol. The fraction of sp³-hybridized carbons (Fsp3) is 0.441. The third-order valence-electron chi connectivity index (χ3n) is 5.71. The highest BCUT2D eigenvalue weighted by molar-refractivity contribution is 7.79. The maximum Gasteiger partial charge on any atom is 0.124 e. The van der Waals surface area contributed by atoms with Crippen molar-refractivity contribution < 1.29 is 14.2 Å². The minimum Gasteiger partial charge on any atom is -0.497 e. The number of hydrogen-bond acceptors (Lipinski definition) is 8. The van der Waals surface area contributed by atoms with Crippen molar-refractivity contribution in [3.05, 3.63) is 66.6 Å². The third kappa shape index (κ3) is 11.5. The van der Waals surface area contributed by atoms with Gasteiger partial charge in [-0.25, -0.2) is 4.98 Å². The van der Waals surface area contributed by atoms with Gasteiger partial charge in [0, 0.05) is 66.8 Å². The summed E-state index contributed by atoms with van der Waals surface area (Å²) in [6, 6.07) is 16.1. The molecule has 0 aliphatic heterocycles. The van der Waals surface area contributed by atoms with E-state index in [4.69, 9.17) is 19.2 Å². The highest BCUT2D eigenvalue weighted by Crippen LogP contribution is 2.34. The third-order valence-corrected chi connectivity index (χ3v) is 5.71. The summed E-state index contributed by atoms with van der Waals surface area (Å²) in [4.78, 5) is 16.2. The average Bonchev–Trinajstić information content (AvgIpc) is 2.98. The molecule has 0 spiro atoms. The summed E-state index contributed by atoms with van der Waals surface area (Å²) in [5.41, 5.74) is 6.86. The molecule has 0 bridgehead atoms. The second-order valence-corrected chi connectivity index (χ2v) is 11.3. The second kappa shape index (κ2) is 17.6. The standard InChI is InChI=1S/C28H32N4O3.C5H12.CH4S/c1-5-12-35-13-6-11-32(23-14-24(33-3)17-25(15-23)34-4)22-9-10-26-27(16-22)31-28(19-30-26)21-8-7-20(2)29-18-21;1-5(2,3)4;1-2/h7-10,14-19H,5-6,11-13H2,1-4H3;1-4H3;2H,1H3. The zero-order chi connectivity index (χ0) is 31.1. The Hall–Kier alpha value is -3.36. The molecule has 0 radical (unpaired) electrons. The SMILES string of the molecule is CC(C)(C)C.CCCOCCCN(c1cc(OC)cc(OC)c1)c1ccc2ncc(-c3ccc(C)nc3)nc2c1.CS. The largest absolute Gasteiger partial charge is 0.497 e. The lowest BCUT2D eigenvalue weighted by atomic mass is 10.0. The van der Waals surface area contributed by atoms with E-state index in [2.05, 4.69) is 74.2 Å². The Morgan fingerprint density at radius 1 is 0.786 bits per heavy atom. The van der Waals surface area contributed by atoms with Crippen molar-refractivity contribution in [1.82, 2.24) is 15.0 Å². The van der Waals surface area contributed by atoms with Crippen LogP contribution in [0.15, 0.2) is 60.9 Å². The number of methoxy groups -OCH3 is 2. The Bertz CT molecular complexity index is 1330. The fourth-order valence-corrected chi connectivity index (χ4v) is 3.85. The molecule has 0 unspecified atom stereocenters. The normalized spacial score (nSPS) is 10.7. The van der Waals surface area contributed by atoms with Gasteiger partial charge < -0.3 is 19.1 Å². The van der Waals surface area contributed by atoms with Gasteiger partial charge in [-0.3, -0.25) is 9.97 Å². The number of anilines is 2. The topological polar surface area (TPSA) is 69.6 Å². The van der Waals surface area contributed by atoms with Crippen molar-refractivity contribution in [2.45, 2.75) is 54.4 Å². The number of ether oxygens (including phenoxy) is 3. The molecule has 8 heteroatoms. The summed E-state index contributed by atoms with van der Waals surface area (Å²) in [5.74, 6) is 1.47. The molecular weight excluding hydrogens is 544 g/mol. The van der Waals surface area contributed by atoms with E-state index in [9.17, 15) is 0 Å². The van der Waals surface area contributed by atoms with Crippen LogP contribution >= 0.6 is 12.6 Å². The van der Waals surface area contributed by atoms with Crippen LogP contribution < -0.4 is 14.4 Å². The number of thiol groups is 1. The van der Waals surface area contributed by atoms with Gasteiger partial charge in [-0.05, 0) is 61.8 Å². The van der Waals surface area contributed by atoms with Crippen LogP contribution in [0.3, 0.4) is 0 Å². The molecule has 42 heavy (non-hydrogen) atoms. The molecular formula is C34H48N4O3S. The first-order valence-corrected chi connectivity index (χ1v) is 15.2. The van der Waals surface area contributed by atoms with Crippen molar-refractivity contribution in [2.75, 3.05) is 45.1 Å². The molecule has 2 aromatic carbocycles. The van der Waals surface area contributed by atoms with E-state index in [1.807, 2.05) is 49.5 Å². The first-order chi connectivity index (χ1) is 20.1. The molecule has 4 aromatic rings. The van der Waals surface area contributed by atoms with Gasteiger partial charge in [0.05, 0.1) is 37.1 Å². The number of benzene rings is 2. The van der Waals surface area contributed by atoms with Crippen LogP contribution in [-0.4, -0.2) is 55.2 Å². The summed E-state index contributed by atoms with van der Waals surface area (Å²) in [5, 5.41) is 0. The van der Waals surface area contributed by atoms with Crippen molar-refractivity contribution in [3.8, 4) is 22.8 Å². The molecule has 0 aliphatic rings. The Balaban J connectivity index is 0.000000797. The minimum absolute atomic E-state index is 0.500. The molecule has 0 saturated heterocycles. The van der Waals surface area contributed by atoms with Crippen LogP contribution in [0.5, 0.6) is 11.5 Å². The quantitative estimate of drug-likeness (QED) is 0.138. The first kappa shape index (κ1) is 34.8. The molecule has 0 atom stereocenters. The second-order valence-electron chi connectivity index (χ2n) is 11.3. The number of pyridine rings is 1. The van der Waals surface area contributed by atoms with Crippen LogP contribution in [0, 0.1) is 12.3 Å². The molecule has 7 nitrogen and oxygen atoms in total. The number of aryl methyl sites for hydroxylation is 1. The van der Waals surface area contributed by atoms with Crippen LogP contribution in [0.1, 0.15) is 53.2 Å². The lowest BCUT2D eigenvalue weighted by Gasteiger charge is -2.26. The Morgan fingerprint density at radius 3 is 2.02 bits per heavy atom. The first-order valence-electron chi connectivity index (χ1n) is 14.3. The Kier molecular flexibility index (Phi) is 14.6. The van der Waals surface area contributed by atoms with Gasteiger partial charge in [-0.2, -0.15) is 12.6 Å². The van der Waals surface area contributed by atoms with E-state index in [0.717, 1.165) is 76.9 Å². The van der Waals surface area contributed by atoms with Gasteiger partial charge in [0.1, 0.15) is 11.5 Å². The smallest absolute Gasteiger partial charge is 0.124 e. The predicted octanol–water partition coefficient (Wildman–Crippen LogP) is 8.57. The van der Waals surface area contributed by atoms with Gasteiger partial charge in [-0.15, -0.1) is 0 Å². The highest BCUT2D eigenvalue weighted by atomic mass is 32.1. The van der Waals surface area contributed by atoms with Crippen molar-refractivity contribution in [3.63, 3.8) is 0 Å². The summed E-state index contributed by atoms with van der Waals surface area (Å²) in [7, 11) is 3.32. The summed E-state index contributed by atoms with van der Waals surface area (Å²) >= 11 is 3.53. The minimum atomic E-state index is 0.500. The zero-order valence-electron chi connectivity index (χ0n) is 26.8. The Labute approximate surface area is 258 Å². The number of aromatic nitrogens is 3. The van der Waals surface area contributed by atoms with Gasteiger partial charge in [0.15, 0.2) is 0 Å². The van der Waals surface area contributed by atoms with E-state index < -0.39 is 0 Å². The van der Waals surface area contributed by atoms with E-state index >= 15 is 0 Å². The summed E-state index contributed by atoms with van der Waals surface area (Å²) in [6.07, 6.45) is 7.21. The average molecular weight is 593 g/mol. The lowest BCUT2D eigenvalue weighted by molar-refractivity contribution is 0.134. The molecule has 2 aromatic heterocycles. The molecule has 0 aliphatic carbocycles. The molecule has 0 amide bonds. The van der Waals surface area contributed by atoms with Crippen molar-refractivity contribution in [2.24, 2.45) is 5.41 Å². The molecule has 228 valence electrons. The zero-order valence-corrected chi connectivity index (χ0v) is 27.7. The molecule has 4 rings (SSSR count). The fourth-order valence-electron chi connectivity index (χ4n) is 3.85. The van der Waals surface area contributed by atoms with Crippen LogP contribution in [-0.2, 0) is 4.74 Å². The summed E-state index contributed by atoms with van der Waals surface area (Å²) < 4.78 is 16.8. The van der Waals surface area contributed by atoms with Crippen molar-refractivity contribution in [1.29, 1.82) is 0 Å². The molecule has 0 saturated carbocycles. The number of fused-ring (bicyclic) bond motifs is 1. The van der Waals surface area contributed by atoms with E-state index in [-0.39, 0.29) is 0 Å². The summed E-state index contributed by atoms with van der Waals surface area (Å²) in [6.45, 7) is 15.1. The van der Waals surface area contributed by atoms with Gasteiger partial charge in [-0.1, -0.05) is 34.6 Å². The molecule has 2 heterocycles. The van der Waals surface area contributed by atoms with Gasteiger partial charge in [0.2, 0.25) is 0 Å². The van der Waals surface area contributed by atoms with E-state index in [0.29, 0.717) is 12.0 Å². The number of hydrogen-bond donors (Lipinski definition) is 1. The van der Waals surface area contributed by atoms with E-state index in [1.165, 1.54) is 0 Å². The van der Waals surface area contributed by atoms with Gasteiger partial charge >= 0.3 is 0 Å². The molecule has 0 fully saturated rings. The maximum atomic E-state index is 5.73. The van der Waals surface area contributed by atoms with Crippen LogP contribution in [0.2, 0.25) is 0 Å². The Morgan fingerprint density at radius 2 is 1.45 bits per heavy atom. The maximum absolute atomic E-state index is 5.73. The number of rotatable bonds is 11. The lowest BCUT2D eigenvalue weighted by Crippen LogP contribution is -2.20. The van der Waals surface area contributed by atoms with E-state index in [1.54, 1.807) is 26.7 Å². The highest BCUT2D eigenvalue weighted by Gasteiger charge is 2.14. The number of nitrogens with zero attached hydrogens (tertiary/aromatic N) is 4. The van der Waals surface area contributed by atoms with Crippen LogP contribution in [0.25, 0.3) is 22.3 Å². The van der Waals surface area contributed by atoms with Crippen molar-refractivity contribution >= 4 is 35.0 Å².